The zero-order valence-corrected chi connectivity index (χ0v) is 29.5. The number of halogens is 1. The maximum Gasteiger partial charge on any atom is 0.338 e. The third-order valence-electron chi connectivity index (χ3n) is 7.90. The van der Waals surface area contributed by atoms with Crippen LogP contribution in [0.15, 0.2) is 83.2 Å². The molecule has 4 aromatic rings. The van der Waals surface area contributed by atoms with Crippen molar-refractivity contribution in [2.24, 2.45) is 0 Å². The number of hydrogen-bond donors (Lipinski definition) is 1. The van der Waals surface area contributed by atoms with Crippen LogP contribution in [0, 0.1) is 0 Å². The Bertz CT molecular complexity index is 1730. The summed E-state index contributed by atoms with van der Waals surface area (Å²) in [7, 11) is 0. The van der Waals surface area contributed by atoms with E-state index in [1.165, 1.54) is 17.3 Å². The van der Waals surface area contributed by atoms with Crippen LogP contribution in [0.2, 0.25) is 5.02 Å². The van der Waals surface area contributed by atoms with Crippen LogP contribution in [0.5, 0.6) is 11.5 Å². The molecule has 0 saturated carbocycles. The number of aromatic nitrogens is 3. The van der Waals surface area contributed by atoms with Gasteiger partial charge in [0.15, 0.2) is 11.5 Å². The van der Waals surface area contributed by atoms with Gasteiger partial charge in [0.05, 0.1) is 18.8 Å². The molecule has 2 heterocycles. The van der Waals surface area contributed by atoms with Crippen LogP contribution in [-0.2, 0) is 27.3 Å². The Kier molecular flexibility index (Phi) is 11.2. The lowest BCUT2D eigenvalue weighted by atomic mass is 9.87. The largest absolute Gasteiger partial charge is 0.490 e. The van der Waals surface area contributed by atoms with Crippen molar-refractivity contribution >= 4 is 35.3 Å². The molecule has 0 saturated heterocycles. The number of esters is 1. The average molecular weight is 675 g/mol. The zero-order valence-electron chi connectivity index (χ0n) is 27.9. The molecule has 3 aromatic carbocycles. The van der Waals surface area contributed by atoms with Crippen LogP contribution in [0.1, 0.15) is 82.7 Å². The summed E-state index contributed by atoms with van der Waals surface area (Å²) in [4.78, 5) is 18.4. The second-order valence-corrected chi connectivity index (χ2v) is 13.8. The van der Waals surface area contributed by atoms with E-state index in [2.05, 4.69) is 57.3 Å². The highest BCUT2D eigenvalue weighted by atomic mass is 35.5. The molecular weight excluding hydrogens is 632 g/mol. The third-order valence-corrected chi connectivity index (χ3v) is 9.15. The molecule has 0 spiro atoms. The second-order valence-electron chi connectivity index (χ2n) is 12.5. The fourth-order valence-electron chi connectivity index (χ4n) is 5.25. The Morgan fingerprint density at radius 2 is 1.79 bits per heavy atom. The lowest BCUT2D eigenvalue weighted by molar-refractivity contribution is -0.139. The van der Waals surface area contributed by atoms with Gasteiger partial charge in [-0.2, -0.15) is 4.98 Å². The molecular formula is C37H43ClN4O4S. The molecule has 1 atom stereocenters. The Labute approximate surface area is 286 Å². The first-order valence-electron chi connectivity index (χ1n) is 16.1. The third kappa shape index (κ3) is 8.32. The van der Waals surface area contributed by atoms with Gasteiger partial charge < -0.3 is 19.5 Å². The Morgan fingerprint density at radius 1 is 1.02 bits per heavy atom. The molecule has 1 unspecified atom stereocenters. The number of carbonyl (C=O) groups excluding carboxylic acids is 1. The summed E-state index contributed by atoms with van der Waals surface area (Å²) >= 11 is 7.88. The van der Waals surface area contributed by atoms with Crippen molar-refractivity contribution < 1.29 is 19.0 Å². The van der Waals surface area contributed by atoms with Crippen LogP contribution in [0.25, 0.3) is 0 Å². The number of benzene rings is 3. The number of ether oxygens (including phenoxy) is 3. The van der Waals surface area contributed by atoms with Gasteiger partial charge in [-0.25, -0.2) is 9.48 Å². The molecule has 1 aliphatic heterocycles. The summed E-state index contributed by atoms with van der Waals surface area (Å²) in [5.74, 6) is 1.95. The summed E-state index contributed by atoms with van der Waals surface area (Å²) in [6.07, 6.45) is 1.71. The van der Waals surface area contributed by atoms with E-state index in [4.69, 9.17) is 35.9 Å². The summed E-state index contributed by atoms with van der Waals surface area (Å²) in [5.41, 5.74) is 5.34. The number of thioether (sulfide) groups is 1. The van der Waals surface area contributed by atoms with Gasteiger partial charge in [-0.1, -0.05) is 106 Å². The van der Waals surface area contributed by atoms with E-state index in [-0.39, 0.29) is 5.41 Å². The molecule has 0 aliphatic carbocycles. The normalized spacial score (nSPS) is 14.4. The van der Waals surface area contributed by atoms with Gasteiger partial charge in [0.2, 0.25) is 11.1 Å². The fourth-order valence-corrected chi connectivity index (χ4v) is 6.37. The van der Waals surface area contributed by atoms with Gasteiger partial charge in [-0.3, -0.25) is 0 Å². The van der Waals surface area contributed by atoms with E-state index in [0.717, 1.165) is 29.5 Å². The minimum Gasteiger partial charge on any atom is -0.490 e. The molecule has 0 bridgehead atoms. The fraction of sp³-hybridized carbons (Fsp3) is 0.378. The standard InChI is InChI=1S/C37H43ClN4O4S/c1-7-9-20-45-34(43)32-24(3)39-35-40-36(47-23-27-12-10-11-13-29(27)38)41-42(35)33(32)26-16-19-30(31(21-26)44-8-2)46-22-25-14-17-28(18-15-25)37(4,5)6/h10-19,21,33H,7-9,20,22-23H2,1-6H3,(H,39,40,41). The lowest BCUT2D eigenvalue weighted by Crippen LogP contribution is -2.30. The molecule has 1 N–H and O–H groups in total. The Morgan fingerprint density at radius 3 is 2.49 bits per heavy atom. The van der Waals surface area contributed by atoms with Crippen molar-refractivity contribution in [2.75, 3.05) is 18.5 Å². The van der Waals surface area contributed by atoms with Crippen molar-refractivity contribution in [3.63, 3.8) is 0 Å². The minimum atomic E-state index is -0.597. The number of nitrogens with one attached hydrogen (secondary N) is 1. The molecule has 248 valence electrons. The highest BCUT2D eigenvalue weighted by Gasteiger charge is 2.36. The topological polar surface area (TPSA) is 87.5 Å². The number of anilines is 1. The Balaban J connectivity index is 1.46. The lowest BCUT2D eigenvalue weighted by Gasteiger charge is -2.28. The van der Waals surface area contributed by atoms with Gasteiger partial charge in [0.1, 0.15) is 12.6 Å². The zero-order chi connectivity index (χ0) is 33.6. The van der Waals surface area contributed by atoms with Gasteiger partial charge >= 0.3 is 5.97 Å². The Hall–Kier alpha value is -3.95. The van der Waals surface area contributed by atoms with Crippen LogP contribution in [0.3, 0.4) is 0 Å². The molecule has 47 heavy (non-hydrogen) atoms. The quantitative estimate of drug-likeness (QED) is 0.0854. The van der Waals surface area contributed by atoms with E-state index in [9.17, 15) is 4.79 Å². The number of carbonyl (C=O) groups is 1. The first kappa shape index (κ1) is 34.4. The summed E-state index contributed by atoms with van der Waals surface area (Å²) in [5, 5.41) is 9.41. The number of unbranched alkanes of at least 4 members (excludes halogenated alkanes) is 1. The van der Waals surface area contributed by atoms with Crippen LogP contribution in [0.4, 0.5) is 5.95 Å². The number of nitrogens with zero attached hydrogens (tertiary/aromatic N) is 3. The highest BCUT2D eigenvalue weighted by molar-refractivity contribution is 7.98. The molecule has 1 aromatic heterocycles. The van der Waals surface area contributed by atoms with E-state index >= 15 is 0 Å². The van der Waals surface area contributed by atoms with Crippen molar-refractivity contribution in [3.05, 3.63) is 105 Å². The van der Waals surface area contributed by atoms with Crippen molar-refractivity contribution in [3.8, 4) is 11.5 Å². The van der Waals surface area contributed by atoms with Gasteiger partial charge in [-0.15, -0.1) is 5.10 Å². The van der Waals surface area contributed by atoms with Crippen LogP contribution in [-0.4, -0.2) is 33.9 Å². The van der Waals surface area contributed by atoms with Crippen LogP contribution < -0.4 is 14.8 Å². The predicted octanol–water partition coefficient (Wildman–Crippen LogP) is 9.13. The number of rotatable bonds is 13. The first-order valence-corrected chi connectivity index (χ1v) is 17.4. The molecule has 1 aliphatic rings. The number of hydrogen-bond acceptors (Lipinski definition) is 8. The number of allylic oxidation sites excluding steroid dienone is 1. The first-order chi connectivity index (χ1) is 22.6. The van der Waals surface area contributed by atoms with Crippen molar-refractivity contribution in [2.45, 2.75) is 83.4 Å². The maximum absolute atomic E-state index is 13.6. The SMILES string of the molecule is CCCCOC(=O)C1=C(C)Nc2nc(SCc3ccccc3Cl)nn2C1c1ccc(OCc2ccc(C(C)(C)C)cc2)c(OCC)c1. The monoisotopic (exact) mass is 674 g/mol. The summed E-state index contributed by atoms with van der Waals surface area (Å²) in [6, 6.07) is 21.4. The average Bonchev–Trinajstić information content (AvgIpc) is 3.45. The molecule has 10 heteroatoms. The highest BCUT2D eigenvalue weighted by Crippen LogP contribution is 2.40. The summed E-state index contributed by atoms with van der Waals surface area (Å²) < 4.78 is 19.8. The minimum absolute atomic E-state index is 0.0824. The summed E-state index contributed by atoms with van der Waals surface area (Å²) in [6.45, 7) is 13.7. The van der Waals surface area contributed by atoms with Crippen LogP contribution >= 0.6 is 23.4 Å². The molecule has 5 rings (SSSR count). The van der Waals surface area contributed by atoms with Gasteiger partial charge in [0.25, 0.3) is 0 Å². The van der Waals surface area contributed by atoms with Crippen molar-refractivity contribution in [1.82, 2.24) is 14.8 Å². The van der Waals surface area contributed by atoms with E-state index in [1.54, 1.807) is 4.68 Å². The van der Waals surface area contributed by atoms with Crippen molar-refractivity contribution in [1.29, 1.82) is 0 Å². The van der Waals surface area contributed by atoms with E-state index in [0.29, 0.717) is 64.5 Å². The van der Waals surface area contributed by atoms with Gasteiger partial charge in [-0.05, 0) is 66.1 Å². The number of fused-ring (bicyclic) bond motifs is 1. The molecule has 8 nitrogen and oxygen atoms in total. The molecule has 0 amide bonds. The second kappa shape index (κ2) is 15.3. The van der Waals surface area contributed by atoms with E-state index < -0.39 is 12.0 Å². The molecule has 0 fully saturated rings. The van der Waals surface area contributed by atoms with E-state index in [1.807, 2.05) is 56.3 Å². The smallest absolute Gasteiger partial charge is 0.338 e. The van der Waals surface area contributed by atoms with Gasteiger partial charge in [0, 0.05) is 16.5 Å². The molecule has 0 radical (unpaired) electrons. The maximum atomic E-state index is 13.6. The predicted molar refractivity (Wildman–Crippen MR) is 188 cm³/mol.